The van der Waals surface area contributed by atoms with Gasteiger partial charge in [-0.05, 0) is 80.1 Å². The molecule has 2 aromatic heterocycles. The zero-order chi connectivity index (χ0) is 37.9. The Kier molecular flexibility index (Phi) is 11.2. The summed E-state index contributed by atoms with van der Waals surface area (Å²) in [6.07, 6.45) is 7.04. The van der Waals surface area contributed by atoms with Crippen molar-refractivity contribution in [2.45, 2.75) is 64.8 Å². The molecule has 4 aromatic rings. The van der Waals surface area contributed by atoms with E-state index in [0.717, 1.165) is 40.7 Å². The van der Waals surface area contributed by atoms with Gasteiger partial charge in [-0.3, -0.25) is 29.4 Å². The van der Waals surface area contributed by atoms with Crippen LogP contribution < -0.4 is 14.8 Å². The van der Waals surface area contributed by atoms with Gasteiger partial charge < -0.3 is 25.0 Å². The molecule has 1 atom stereocenters. The first-order valence-corrected chi connectivity index (χ1v) is 17.7. The van der Waals surface area contributed by atoms with Gasteiger partial charge in [-0.2, -0.15) is 0 Å². The third-order valence-electron chi connectivity index (χ3n) is 10.1. The van der Waals surface area contributed by atoms with E-state index in [9.17, 15) is 19.8 Å². The molecule has 53 heavy (non-hydrogen) atoms. The predicted octanol–water partition coefficient (Wildman–Crippen LogP) is 6.50. The molecule has 11 nitrogen and oxygen atoms in total. The number of carboxylic acid groups (broad SMARTS) is 1. The number of aliphatic carboxylic acids is 1. The van der Waals surface area contributed by atoms with Crippen LogP contribution in [0.3, 0.4) is 0 Å². The lowest BCUT2D eigenvalue weighted by Gasteiger charge is -2.44. The van der Waals surface area contributed by atoms with E-state index >= 15 is 4.39 Å². The maximum absolute atomic E-state index is 15.7. The minimum absolute atomic E-state index is 0.154. The Hall–Kier alpha value is -5.17. The zero-order valence-corrected chi connectivity index (χ0v) is 30.8. The second-order valence-corrected chi connectivity index (χ2v) is 14.2. The number of halogens is 1. The molecule has 6 rings (SSSR count). The Morgan fingerprint density at radius 3 is 2.23 bits per heavy atom. The van der Waals surface area contributed by atoms with E-state index in [2.05, 4.69) is 20.2 Å². The van der Waals surface area contributed by atoms with Crippen molar-refractivity contribution in [1.29, 1.82) is 0 Å². The number of β-amino-alcohol motifs (C(OH)–C–C–N with tert-alkyl or cyclic N) is 1. The molecule has 0 aliphatic carbocycles. The quantitative estimate of drug-likeness (QED) is 0.149. The number of ether oxygens (including phenoxy) is 2. The number of carbonyl (C=O) groups is 2. The standard InChI is InChI=1S/C41H46FN5O6/c1-25-27(16-32(42)34-17-37(52-4)28(19-43-34)21-46-23-41(3,51)24-46)10-8-11-30(25)31-12-9-13-33(26(31)2)45-39(48)35-18-38(53-5)29(20-44-35)22-47-15-7-6-14-36(47)40(49)50/h8-13,16-20,36,51H,6-7,14-15,21-24H2,1-5H3,(H,45,48)(H,49,50)/b32-16-/t36-/m0/s1. The molecule has 0 unspecified atom stereocenters. The smallest absolute Gasteiger partial charge is 0.320 e. The highest BCUT2D eigenvalue weighted by Gasteiger charge is 2.36. The van der Waals surface area contributed by atoms with Gasteiger partial charge in [0, 0.05) is 67.5 Å². The number of aliphatic hydroxyl groups is 1. The molecular formula is C41H46FN5O6. The molecule has 3 N–H and O–H groups in total. The summed E-state index contributed by atoms with van der Waals surface area (Å²) in [5.74, 6) is -0.777. The number of benzene rings is 2. The zero-order valence-electron chi connectivity index (χ0n) is 30.8. The monoisotopic (exact) mass is 723 g/mol. The van der Waals surface area contributed by atoms with E-state index in [0.29, 0.717) is 67.5 Å². The van der Waals surface area contributed by atoms with Crippen LogP contribution in [-0.4, -0.2) is 87.4 Å². The fraction of sp³-hybridized carbons (Fsp3) is 0.366. The van der Waals surface area contributed by atoms with Crippen molar-refractivity contribution < 1.29 is 33.7 Å². The van der Waals surface area contributed by atoms with Gasteiger partial charge in [-0.1, -0.05) is 36.8 Å². The molecule has 2 aliphatic rings. The molecule has 2 fully saturated rings. The lowest BCUT2D eigenvalue weighted by atomic mass is 9.92. The summed E-state index contributed by atoms with van der Waals surface area (Å²) in [5.41, 5.74) is 5.85. The van der Waals surface area contributed by atoms with Crippen LogP contribution in [0.1, 0.15) is 70.2 Å². The normalized spacial score (nSPS) is 17.6. The topological polar surface area (TPSA) is 137 Å². The highest BCUT2D eigenvalue weighted by atomic mass is 19.1. The van der Waals surface area contributed by atoms with Crippen molar-refractivity contribution in [1.82, 2.24) is 19.8 Å². The average molecular weight is 724 g/mol. The summed E-state index contributed by atoms with van der Waals surface area (Å²) in [7, 11) is 3.06. The molecule has 2 aromatic carbocycles. The van der Waals surface area contributed by atoms with Gasteiger partial charge >= 0.3 is 5.97 Å². The van der Waals surface area contributed by atoms with Crippen LogP contribution in [-0.2, 0) is 17.9 Å². The Labute approximate surface area is 309 Å². The number of aromatic nitrogens is 2. The van der Waals surface area contributed by atoms with E-state index in [1.807, 2.05) is 55.1 Å². The number of rotatable bonds is 12. The molecule has 12 heteroatoms. The number of nitrogens with zero attached hydrogens (tertiary/aromatic N) is 4. The number of hydrogen-bond acceptors (Lipinski definition) is 9. The summed E-state index contributed by atoms with van der Waals surface area (Å²) in [6.45, 7) is 8.31. The first kappa shape index (κ1) is 37.6. The van der Waals surface area contributed by atoms with Gasteiger partial charge in [0.1, 0.15) is 34.8 Å². The molecular weight excluding hydrogens is 677 g/mol. The van der Waals surface area contributed by atoms with Crippen LogP contribution in [0, 0.1) is 13.8 Å². The van der Waals surface area contributed by atoms with Crippen LogP contribution in [0.25, 0.3) is 23.0 Å². The fourth-order valence-electron chi connectivity index (χ4n) is 7.31. The average Bonchev–Trinajstić information content (AvgIpc) is 3.13. The van der Waals surface area contributed by atoms with Gasteiger partial charge in [-0.25, -0.2) is 4.39 Å². The fourth-order valence-corrected chi connectivity index (χ4v) is 7.31. The SMILES string of the molecule is COc1cc(/C(F)=C/c2cccc(-c3cccc(NC(=O)c4cc(OC)c(CN5CCCC[C@H]5C(=O)O)cn4)c3C)c2C)ncc1CN1CC(C)(O)C1. The van der Waals surface area contributed by atoms with E-state index < -0.39 is 29.3 Å². The summed E-state index contributed by atoms with van der Waals surface area (Å²) < 4.78 is 26.9. The van der Waals surface area contributed by atoms with Crippen molar-refractivity contribution in [2.24, 2.45) is 0 Å². The van der Waals surface area contributed by atoms with E-state index in [4.69, 9.17) is 9.47 Å². The number of amides is 1. The number of nitrogens with one attached hydrogen (secondary N) is 1. The van der Waals surface area contributed by atoms with Crippen LogP contribution in [0.5, 0.6) is 11.5 Å². The number of piperidine rings is 1. The number of likely N-dealkylation sites (tertiary alicyclic amines) is 2. The molecule has 0 bridgehead atoms. The minimum Gasteiger partial charge on any atom is -0.496 e. The van der Waals surface area contributed by atoms with E-state index in [1.54, 1.807) is 38.6 Å². The molecule has 2 aliphatic heterocycles. The van der Waals surface area contributed by atoms with Crippen molar-refractivity contribution in [2.75, 3.05) is 39.2 Å². The predicted molar refractivity (Wildman–Crippen MR) is 201 cm³/mol. The molecule has 1 amide bonds. The van der Waals surface area contributed by atoms with Crippen LogP contribution in [0.2, 0.25) is 0 Å². The highest BCUT2D eigenvalue weighted by molar-refractivity contribution is 6.04. The van der Waals surface area contributed by atoms with E-state index in [-0.39, 0.29) is 11.4 Å². The maximum Gasteiger partial charge on any atom is 0.320 e. The number of carboxylic acids is 1. The Morgan fingerprint density at radius 2 is 1.57 bits per heavy atom. The van der Waals surface area contributed by atoms with Gasteiger partial charge in [-0.15, -0.1) is 0 Å². The molecule has 0 radical (unpaired) electrons. The minimum atomic E-state index is -0.842. The molecule has 0 spiro atoms. The largest absolute Gasteiger partial charge is 0.496 e. The maximum atomic E-state index is 15.7. The van der Waals surface area contributed by atoms with Crippen LogP contribution >= 0.6 is 0 Å². The number of anilines is 1. The summed E-state index contributed by atoms with van der Waals surface area (Å²) in [5, 5.41) is 22.7. The molecule has 4 heterocycles. The van der Waals surface area contributed by atoms with Gasteiger partial charge in [0.2, 0.25) is 0 Å². The lowest BCUT2D eigenvalue weighted by Crippen LogP contribution is -2.59. The Morgan fingerprint density at radius 1 is 0.943 bits per heavy atom. The third kappa shape index (κ3) is 8.40. The molecule has 278 valence electrons. The Bertz CT molecular complexity index is 2040. The Balaban J connectivity index is 1.19. The number of pyridine rings is 2. The van der Waals surface area contributed by atoms with Crippen molar-refractivity contribution in [3.63, 3.8) is 0 Å². The third-order valence-corrected chi connectivity index (χ3v) is 10.1. The summed E-state index contributed by atoms with van der Waals surface area (Å²) in [6, 6.07) is 13.9. The first-order chi connectivity index (χ1) is 25.4. The first-order valence-electron chi connectivity index (χ1n) is 17.7. The van der Waals surface area contributed by atoms with Crippen molar-refractivity contribution in [3.8, 4) is 22.6 Å². The van der Waals surface area contributed by atoms with Crippen LogP contribution in [0.15, 0.2) is 60.9 Å². The van der Waals surface area contributed by atoms with Gasteiger partial charge in [0.05, 0.1) is 19.8 Å². The number of hydrogen-bond donors (Lipinski definition) is 3. The van der Waals surface area contributed by atoms with E-state index in [1.165, 1.54) is 13.2 Å². The second kappa shape index (κ2) is 15.8. The highest BCUT2D eigenvalue weighted by Crippen LogP contribution is 2.35. The van der Waals surface area contributed by atoms with Crippen molar-refractivity contribution >= 4 is 29.5 Å². The van der Waals surface area contributed by atoms with Crippen LogP contribution in [0.4, 0.5) is 10.1 Å². The van der Waals surface area contributed by atoms with Crippen molar-refractivity contribution in [3.05, 3.63) is 100 Å². The number of methoxy groups -OCH3 is 2. The van der Waals surface area contributed by atoms with Gasteiger partial charge in [0.15, 0.2) is 0 Å². The number of carbonyl (C=O) groups excluding carboxylic acids is 1. The summed E-state index contributed by atoms with van der Waals surface area (Å²) >= 11 is 0. The summed E-state index contributed by atoms with van der Waals surface area (Å²) in [4.78, 5) is 38.1. The molecule has 0 saturated carbocycles. The second-order valence-electron chi connectivity index (χ2n) is 14.2. The lowest BCUT2D eigenvalue weighted by molar-refractivity contribution is -0.144. The molecule has 2 saturated heterocycles. The van der Waals surface area contributed by atoms with Gasteiger partial charge in [0.25, 0.3) is 5.91 Å².